The lowest BCUT2D eigenvalue weighted by molar-refractivity contribution is -0.148. The molecule has 0 saturated carbocycles. The van der Waals surface area contributed by atoms with Crippen LogP contribution in [0.1, 0.15) is 28.8 Å². The molecule has 1 aliphatic heterocycles. The Kier molecular flexibility index (Phi) is 6.01. The second-order valence-electron chi connectivity index (χ2n) is 5.82. The van der Waals surface area contributed by atoms with Gasteiger partial charge in [0.15, 0.2) is 0 Å². The summed E-state index contributed by atoms with van der Waals surface area (Å²) in [5.74, 6) is -0.124. The normalized spacial score (nSPS) is 17.2. The van der Waals surface area contributed by atoms with Crippen LogP contribution in [-0.4, -0.2) is 49.7 Å². The van der Waals surface area contributed by atoms with E-state index in [4.69, 9.17) is 0 Å². The van der Waals surface area contributed by atoms with E-state index in [2.05, 4.69) is 10.6 Å². The van der Waals surface area contributed by atoms with E-state index in [1.807, 2.05) is 12.1 Å². The van der Waals surface area contributed by atoms with Crippen LogP contribution in [-0.2, 0) is 6.54 Å². The number of nitrogens with one attached hydrogen (secondary N) is 2. The van der Waals surface area contributed by atoms with Crippen molar-refractivity contribution >= 4 is 5.91 Å². The Morgan fingerprint density at radius 1 is 1.22 bits per heavy atom. The molecule has 0 unspecified atom stereocenters. The molecule has 1 aromatic carbocycles. The number of rotatable bonds is 5. The van der Waals surface area contributed by atoms with Gasteiger partial charge < -0.3 is 10.6 Å². The number of halogens is 3. The minimum absolute atomic E-state index is 0.124. The molecule has 0 bridgehead atoms. The van der Waals surface area contributed by atoms with E-state index in [-0.39, 0.29) is 11.9 Å². The molecule has 1 heterocycles. The molecule has 0 aliphatic carbocycles. The number of hydrogen-bond acceptors (Lipinski definition) is 3. The van der Waals surface area contributed by atoms with Crippen molar-refractivity contribution in [2.24, 2.45) is 0 Å². The Balaban J connectivity index is 1.74. The van der Waals surface area contributed by atoms with Crippen LogP contribution < -0.4 is 10.6 Å². The number of amides is 1. The largest absolute Gasteiger partial charge is 0.401 e. The van der Waals surface area contributed by atoms with Crippen molar-refractivity contribution < 1.29 is 18.0 Å². The maximum Gasteiger partial charge on any atom is 0.401 e. The molecule has 2 N–H and O–H groups in total. The lowest BCUT2D eigenvalue weighted by Crippen LogP contribution is -2.45. The van der Waals surface area contributed by atoms with Gasteiger partial charge in [0.25, 0.3) is 5.91 Å². The maximum absolute atomic E-state index is 12.3. The third-order valence-electron chi connectivity index (χ3n) is 4.03. The Morgan fingerprint density at radius 3 is 2.35 bits per heavy atom. The van der Waals surface area contributed by atoms with Crippen LogP contribution in [0.4, 0.5) is 13.2 Å². The molecule has 1 aromatic rings. The summed E-state index contributed by atoms with van der Waals surface area (Å²) in [7, 11) is 1.59. The van der Waals surface area contributed by atoms with Gasteiger partial charge in [0.05, 0.1) is 6.54 Å². The fraction of sp³-hybridized carbons (Fsp3) is 0.562. The van der Waals surface area contributed by atoms with Crippen molar-refractivity contribution in [1.82, 2.24) is 15.5 Å². The van der Waals surface area contributed by atoms with Gasteiger partial charge in [0, 0.05) is 25.2 Å². The van der Waals surface area contributed by atoms with E-state index in [1.54, 1.807) is 19.2 Å². The number of carbonyl (C=O) groups is 1. The van der Waals surface area contributed by atoms with E-state index in [9.17, 15) is 18.0 Å². The highest BCUT2D eigenvalue weighted by molar-refractivity contribution is 5.93. The molecule has 4 nitrogen and oxygen atoms in total. The Hall–Kier alpha value is -1.60. The van der Waals surface area contributed by atoms with Crippen LogP contribution in [0.3, 0.4) is 0 Å². The smallest absolute Gasteiger partial charge is 0.355 e. The lowest BCUT2D eigenvalue weighted by atomic mass is 10.0. The van der Waals surface area contributed by atoms with Crippen LogP contribution in [0.2, 0.25) is 0 Å². The van der Waals surface area contributed by atoms with Gasteiger partial charge in [-0.15, -0.1) is 0 Å². The zero-order valence-corrected chi connectivity index (χ0v) is 13.1. The Bertz CT molecular complexity index is 508. The molecule has 0 atom stereocenters. The summed E-state index contributed by atoms with van der Waals surface area (Å²) < 4.78 is 37.0. The van der Waals surface area contributed by atoms with E-state index in [1.165, 1.54) is 4.90 Å². The van der Waals surface area contributed by atoms with Gasteiger partial charge >= 0.3 is 6.18 Å². The number of nitrogens with zero attached hydrogens (tertiary/aromatic N) is 1. The zero-order chi connectivity index (χ0) is 16.9. The van der Waals surface area contributed by atoms with Gasteiger partial charge in [0.1, 0.15) is 0 Å². The van der Waals surface area contributed by atoms with Crippen molar-refractivity contribution in [2.45, 2.75) is 31.6 Å². The molecule has 1 aliphatic rings. The van der Waals surface area contributed by atoms with Crippen LogP contribution in [0.5, 0.6) is 0 Å². The molecule has 0 aromatic heterocycles. The van der Waals surface area contributed by atoms with Gasteiger partial charge in [-0.3, -0.25) is 9.69 Å². The van der Waals surface area contributed by atoms with E-state index >= 15 is 0 Å². The van der Waals surface area contributed by atoms with Crippen LogP contribution in [0.15, 0.2) is 24.3 Å². The minimum atomic E-state index is -4.12. The average Bonchev–Trinajstić information content (AvgIpc) is 2.52. The molecule has 7 heteroatoms. The third kappa shape index (κ3) is 5.84. The van der Waals surface area contributed by atoms with Gasteiger partial charge in [-0.05, 0) is 43.6 Å². The quantitative estimate of drug-likeness (QED) is 0.870. The van der Waals surface area contributed by atoms with Crippen molar-refractivity contribution in [3.05, 3.63) is 35.4 Å². The van der Waals surface area contributed by atoms with Gasteiger partial charge in [-0.1, -0.05) is 12.1 Å². The molecular formula is C16H22F3N3O. The molecule has 128 valence electrons. The van der Waals surface area contributed by atoms with Crippen molar-refractivity contribution in [2.75, 3.05) is 26.7 Å². The standard InChI is InChI=1S/C16H22F3N3O/c1-20-15(23)13-4-2-12(3-5-13)10-21-14-6-8-22(9-7-14)11-16(17,18)19/h2-5,14,21H,6-11H2,1H3,(H,20,23). The van der Waals surface area contributed by atoms with E-state index in [0.29, 0.717) is 38.0 Å². The number of carbonyl (C=O) groups excluding carboxylic acids is 1. The molecule has 1 amide bonds. The second-order valence-corrected chi connectivity index (χ2v) is 5.82. The Labute approximate surface area is 134 Å². The first-order valence-electron chi connectivity index (χ1n) is 7.71. The summed E-state index contributed by atoms with van der Waals surface area (Å²) in [6.45, 7) is 0.762. The van der Waals surface area contributed by atoms with Crippen LogP contribution in [0, 0.1) is 0 Å². The summed E-state index contributed by atoms with van der Waals surface area (Å²) in [4.78, 5) is 12.9. The van der Waals surface area contributed by atoms with Crippen LogP contribution >= 0.6 is 0 Å². The molecule has 1 saturated heterocycles. The highest BCUT2D eigenvalue weighted by Gasteiger charge is 2.32. The third-order valence-corrected chi connectivity index (χ3v) is 4.03. The highest BCUT2D eigenvalue weighted by atomic mass is 19.4. The Morgan fingerprint density at radius 2 is 1.83 bits per heavy atom. The lowest BCUT2D eigenvalue weighted by Gasteiger charge is -2.32. The number of benzene rings is 1. The number of piperidine rings is 1. The van der Waals surface area contributed by atoms with E-state index < -0.39 is 12.7 Å². The predicted octanol–water partition coefficient (Wildman–Crippen LogP) is 2.16. The van der Waals surface area contributed by atoms with Crippen molar-refractivity contribution in [3.63, 3.8) is 0 Å². The van der Waals surface area contributed by atoms with Gasteiger partial charge in [-0.25, -0.2) is 0 Å². The maximum atomic E-state index is 12.3. The van der Waals surface area contributed by atoms with Gasteiger partial charge in [0.2, 0.25) is 0 Å². The fourth-order valence-electron chi connectivity index (χ4n) is 2.73. The molecule has 1 fully saturated rings. The first-order chi connectivity index (χ1) is 10.9. The summed E-state index contributed by atoms with van der Waals surface area (Å²) in [5, 5.41) is 5.94. The summed E-state index contributed by atoms with van der Waals surface area (Å²) in [6.07, 6.45) is -2.69. The molecule has 2 rings (SSSR count). The highest BCUT2D eigenvalue weighted by Crippen LogP contribution is 2.20. The molecule has 0 radical (unpaired) electrons. The zero-order valence-electron chi connectivity index (χ0n) is 13.1. The van der Waals surface area contributed by atoms with Crippen molar-refractivity contribution in [1.29, 1.82) is 0 Å². The first kappa shape index (κ1) is 17.7. The molecule has 23 heavy (non-hydrogen) atoms. The number of alkyl halides is 3. The SMILES string of the molecule is CNC(=O)c1ccc(CNC2CCN(CC(F)(F)F)CC2)cc1. The number of hydrogen-bond donors (Lipinski definition) is 2. The van der Waals surface area contributed by atoms with Gasteiger partial charge in [-0.2, -0.15) is 13.2 Å². The monoisotopic (exact) mass is 329 g/mol. The van der Waals surface area contributed by atoms with Crippen molar-refractivity contribution in [3.8, 4) is 0 Å². The summed E-state index contributed by atoms with van der Waals surface area (Å²) in [5.41, 5.74) is 1.66. The van der Waals surface area contributed by atoms with Crippen LogP contribution in [0.25, 0.3) is 0 Å². The number of likely N-dealkylation sites (tertiary alicyclic amines) is 1. The first-order valence-corrected chi connectivity index (χ1v) is 7.71. The topological polar surface area (TPSA) is 44.4 Å². The summed E-state index contributed by atoms with van der Waals surface area (Å²) in [6, 6.07) is 7.54. The molecule has 0 spiro atoms. The fourth-order valence-corrected chi connectivity index (χ4v) is 2.73. The van der Waals surface area contributed by atoms with E-state index in [0.717, 1.165) is 5.56 Å². The molecular weight excluding hydrogens is 307 g/mol. The minimum Gasteiger partial charge on any atom is -0.355 e. The average molecular weight is 329 g/mol. The second kappa shape index (κ2) is 7.79. The predicted molar refractivity (Wildman–Crippen MR) is 82.2 cm³/mol. The summed E-state index contributed by atoms with van der Waals surface area (Å²) >= 11 is 0.